The molecule has 0 spiro atoms. The molecule has 1 heterocycles. The van der Waals surface area contributed by atoms with Crippen LogP contribution in [0.2, 0.25) is 0 Å². The molecule has 3 N–H and O–H groups in total. The smallest absolute Gasteiger partial charge is 0.331 e. The number of hydrogen-bond donors (Lipinski definition) is 2. The number of nitrogens with one attached hydrogen (secondary N) is 1. The number of nitrogens with zero attached hydrogens (tertiary/aromatic N) is 1. The Morgan fingerprint density at radius 2 is 1.35 bits per heavy atom. The lowest BCUT2D eigenvalue weighted by atomic mass is 10.2. The quantitative estimate of drug-likeness (QED) is 0.699. The molecule has 0 aliphatic carbocycles. The van der Waals surface area contributed by atoms with Crippen molar-refractivity contribution in [2.45, 2.75) is 9.79 Å². The van der Waals surface area contributed by atoms with Gasteiger partial charge in [-0.3, -0.25) is 9.69 Å². The molecular formula is C20H15N3O2S. The number of carbonyl (C=O) groups excluding carboxylic acids is 2. The highest BCUT2D eigenvalue weighted by Gasteiger charge is 2.27. The Balaban J connectivity index is 1.68. The van der Waals surface area contributed by atoms with Gasteiger partial charge in [-0.05, 0) is 48.5 Å². The van der Waals surface area contributed by atoms with E-state index in [1.165, 1.54) is 0 Å². The van der Waals surface area contributed by atoms with Crippen molar-refractivity contribution in [3.05, 3.63) is 78.4 Å². The highest BCUT2D eigenvalue weighted by molar-refractivity contribution is 7.99. The Hall–Kier alpha value is -3.25. The molecule has 3 aromatic rings. The maximum absolute atomic E-state index is 13.0. The summed E-state index contributed by atoms with van der Waals surface area (Å²) in [6, 6.07) is 21.8. The van der Waals surface area contributed by atoms with Crippen LogP contribution in [0.4, 0.5) is 21.9 Å². The molecule has 0 radical (unpaired) electrons. The van der Waals surface area contributed by atoms with E-state index in [9.17, 15) is 9.59 Å². The van der Waals surface area contributed by atoms with E-state index < -0.39 is 5.91 Å². The van der Waals surface area contributed by atoms with Crippen LogP contribution in [0.25, 0.3) is 0 Å². The summed E-state index contributed by atoms with van der Waals surface area (Å²) in [6.07, 6.45) is 0. The lowest BCUT2D eigenvalue weighted by Crippen LogP contribution is -2.32. The van der Waals surface area contributed by atoms with Crippen LogP contribution in [0.3, 0.4) is 0 Å². The molecule has 3 aromatic carbocycles. The average Bonchev–Trinajstić information content (AvgIpc) is 2.66. The van der Waals surface area contributed by atoms with Crippen LogP contribution in [0.15, 0.2) is 82.6 Å². The maximum Gasteiger partial charge on any atom is 0.331 e. The van der Waals surface area contributed by atoms with Crippen LogP contribution < -0.4 is 16.0 Å². The SMILES string of the molecule is NC(=O)c1ccc(NC(=O)N2c3ccccc3Sc3ccccc32)cc1. The number of fused-ring (bicyclic) bond motifs is 2. The molecule has 0 saturated heterocycles. The van der Waals surface area contributed by atoms with Gasteiger partial charge in [0.2, 0.25) is 5.91 Å². The Morgan fingerprint density at radius 1 is 0.808 bits per heavy atom. The van der Waals surface area contributed by atoms with Crippen LogP contribution in [0.1, 0.15) is 10.4 Å². The van der Waals surface area contributed by atoms with Crippen molar-refractivity contribution in [1.82, 2.24) is 0 Å². The van der Waals surface area contributed by atoms with Crippen LogP contribution >= 0.6 is 11.8 Å². The van der Waals surface area contributed by atoms with Crippen molar-refractivity contribution in [1.29, 1.82) is 0 Å². The van der Waals surface area contributed by atoms with E-state index >= 15 is 0 Å². The van der Waals surface area contributed by atoms with Gasteiger partial charge in [0.25, 0.3) is 0 Å². The van der Waals surface area contributed by atoms with E-state index in [0.29, 0.717) is 11.3 Å². The van der Waals surface area contributed by atoms with Crippen LogP contribution in [-0.2, 0) is 0 Å². The topological polar surface area (TPSA) is 75.4 Å². The third-order valence-corrected chi connectivity index (χ3v) is 5.19. The summed E-state index contributed by atoms with van der Waals surface area (Å²) in [7, 11) is 0. The fraction of sp³-hybridized carbons (Fsp3) is 0. The van der Waals surface area contributed by atoms with Gasteiger partial charge in [-0.2, -0.15) is 0 Å². The fourth-order valence-electron chi connectivity index (χ4n) is 2.82. The number of urea groups is 1. The van der Waals surface area contributed by atoms with Gasteiger partial charge >= 0.3 is 6.03 Å². The standard InChI is InChI=1S/C20H15N3O2S/c21-19(24)13-9-11-14(12-10-13)22-20(25)23-15-5-1-3-7-17(15)26-18-8-4-2-6-16(18)23/h1-12H,(H2,21,24)(H,22,25). The van der Waals surface area contributed by atoms with Crippen molar-refractivity contribution in [2.24, 2.45) is 5.73 Å². The molecule has 0 unspecified atom stereocenters. The predicted octanol–water partition coefficient (Wildman–Crippen LogP) is 4.62. The number of rotatable bonds is 2. The number of nitrogens with two attached hydrogens (primary N) is 1. The molecule has 0 aromatic heterocycles. The van der Waals surface area contributed by atoms with Crippen molar-refractivity contribution < 1.29 is 9.59 Å². The number of hydrogen-bond acceptors (Lipinski definition) is 3. The summed E-state index contributed by atoms with van der Waals surface area (Å²) in [6.45, 7) is 0. The zero-order valence-corrected chi connectivity index (χ0v) is 14.5. The molecule has 0 fully saturated rings. The fourth-order valence-corrected chi connectivity index (χ4v) is 3.88. The van der Waals surface area contributed by atoms with Gasteiger partial charge in [0.15, 0.2) is 0 Å². The zero-order chi connectivity index (χ0) is 18.1. The first-order chi connectivity index (χ1) is 12.6. The van der Waals surface area contributed by atoms with Gasteiger partial charge in [0.1, 0.15) is 0 Å². The minimum Gasteiger partial charge on any atom is -0.366 e. The Bertz CT molecular complexity index is 956. The molecule has 6 heteroatoms. The van der Waals surface area contributed by atoms with Gasteiger partial charge < -0.3 is 11.1 Å². The van der Waals surface area contributed by atoms with Gasteiger partial charge in [0.05, 0.1) is 11.4 Å². The molecule has 26 heavy (non-hydrogen) atoms. The zero-order valence-electron chi connectivity index (χ0n) is 13.7. The second-order valence-corrected chi connectivity index (χ2v) is 6.83. The highest BCUT2D eigenvalue weighted by Crippen LogP contribution is 2.47. The molecule has 128 valence electrons. The molecule has 3 amide bonds. The Kier molecular flexibility index (Phi) is 4.10. The summed E-state index contributed by atoms with van der Waals surface area (Å²) in [4.78, 5) is 27.9. The minimum absolute atomic E-state index is 0.267. The van der Waals surface area contributed by atoms with Crippen molar-refractivity contribution in [3.8, 4) is 0 Å². The van der Waals surface area contributed by atoms with E-state index in [-0.39, 0.29) is 6.03 Å². The van der Waals surface area contributed by atoms with Crippen molar-refractivity contribution in [2.75, 3.05) is 10.2 Å². The lowest BCUT2D eigenvalue weighted by molar-refractivity contribution is 0.100. The normalized spacial score (nSPS) is 12.1. The molecule has 0 saturated carbocycles. The molecular weight excluding hydrogens is 346 g/mol. The average molecular weight is 361 g/mol. The summed E-state index contributed by atoms with van der Waals surface area (Å²) in [5.74, 6) is -0.501. The molecule has 0 atom stereocenters. The number of benzene rings is 3. The highest BCUT2D eigenvalue weighted by atomic mass is 32.2. The third-order valence-electron chi connectivity index (χ3n) is 4.06. The second-order valence-electron chi connectivity index (χ2n) is 5.74. The van der Waals surface area contributed by atoms with E-state index in [1.807, 2.05) is 48.5 Å². The molecule has 4 rings (SSSR count). The predicted molar refractivity (Wildman–Crippen MR) is 103 cm³/mol. The third kappa shape index (κ3) is 2.91. The Labute approximate surface area is 154 Å². The monoisotopic (exact) mass is 361 g/mol. The summed E-state index contributed by atoms with van der Waals surface area (Å²) >= 11 is 1.64. The first-order valence-electron chi connectivity index (χ1n) is 8.00. The van der Waals surface area contributed by atoms with E-state index in [2.05, 4.69) is 5.32 Å². The van der Waals surface area contributed by atoms with Crippen molar-refractivity contribution >= 4 is 40.8 Å². The largest absolute Gasteiger partial charge is 0.366 e. The second kappa shape index (κ2) is 6.57. The lowest BCUT2D eigenvalue weighted by Gasteiger charge is -2.31. The number of para-hydroxylation sites is 2. The summed E-state index contributed by atoms with van der Waals surface area (Å²) < 4.78 is 0. The van der Waals surface area contributed by atoms with Gasteiger partial charge in [-0.25, -0.2) is 4.79 Å². The van der Waals surface area contributed by atoms with E-state index in [0.717, 1.165) is 21.2 Å². The maximum atomic E-state index is 13.0. The number of amides is 3. The molecule has 5 nitrogen and oxygen atoms in total. The minimum atomic E-state index is -0.501. The van der Waals surface area contributed by atoms with Gasteiger partial charge in [-0.15, -0.1) is 0 Å². The summed E-state index contributed by atoms with van der Waals surface area (Å²) in [5.41, 5.74) is 7.91. The molecule has 0 bridgehead atoms. The van der Waals surface area contributed by atoms with Crippen LogP contribution in [-0.4, -0.2) is 11.9 Å². The van der Waals surface area contributed by atoms with Crippen LogP contribution in [0.5, 0.6) is 0 Å². The first-order valence-corrected chi connectivity index (χ1v) is 8.82. The number of primary amides is 1. The first kappa shape index (κ1) is 16.2. The van der Waals surface area contributed by atoms with E-state index in [1.54, 1.807) is 40.9 Å². The summed E-state index contributed by atoms with van der Waals surface area (Å²) in [5, 5.41) is 2.89. The number of carbonyl (C=O) groups is 2. The molecule has 1 aliphatic heterocycles. The van der Waals surface area contributed by atoms with Crippen LogP contribution in [0, 0.1) is 0 Å². The Morgan fingerprint density at radius 3 is 1.88 bits per heavy atom. The van der Waals surface area contributed by atoms with Gasteiger partial charge in [-0.1, -0.05) is 36.0 Å². The number of anilines is 3. The van der Waals surface area contributed by atoms with E-state index in [4.69, 9.17) is 5.73 Å². The van der Waals surface area contributed by atoms with Crippen molar-refractivity contribution in [3.63, 3.8) is 0 Å². The van der Waals surface area contributed by atoms with Gasteiger partial charge in [0, 0.05) is 21.0 Å². The molecule has 1 aliphatic rings.